The molecule has 0 saturated heterocycles. The molecule has 7 nitrogen and oxygen atoms in total. The molecule has 0 bridgehead atoms. The van der Waals surface area contributed by atoms with E-state index >= 15 is 0 Å². The Hall–Kier alpha value is -3.39. The molecular weight excluding hydrogens is 376 g/mol. The van der Waals surface area contributed by atoms with Crippen molar-refractivity contribution < 1.29 is 9.21 Å². The number of thiazole rings is 1. The molecule has 8 heteroatoms. The maximum absolute atomic E-state index is 13.0. The van der Waals surface area contributed by atoms with Gasteiger partial charge < -0.3 is 14.3 Å². The van der Waals surface area contributed by atoms with E-state index in [1.165, 1.54) is 22.0 Å². The molecule has 0 fully saturated rings. The van der Waals surface area contributed by atoms with Crippen molar-refractivity contribution >= 4 is 38.3 Å². The Morgan fingerprint density at radius 2 is 2.07 bits per heavy atom. The van der Waals surface area contributed by atoms with Gasteiger partial charge in [0.05, 0.1) is 34.3 Å². The molecule has 1 amide bonds. The van der Waals surface area contributed by atoms with Gasteiger partial charge in [-0.3, -0.25) is 14.9 Å². The molecule has 0 aliphatic carbocycles. The quantitative estimate of drug-likeness (QED) is 0.539. The number of nitrogens with zero attached hydrogens (tertiary/aromatic N) is 2. The lowest BCUT2D eigenvalue weighted by molar-refractivity contribution is 0.102. The molecule has 0 aliphatic rings. The summed E-state index contributed by atoms with van der Waals surface area (Å²) in [5, 5.41) is 6.31. The van der Waals surface area contributed by atoms with Crippen molar-refractivity contribution in [3.63, 3.8) is 0 Å². The van der Waals surface area contributed by atoms with Crippen molar-refractivity contribution in [1.82, 2.24) is 9.55 Å². The predicted octanol–water partition coefficient (Wildman–Crippen LogP) is 3.70. The summed E-state index contributed by atoms with van der Waals surface area (Å²) in [7, 11) is 1.68. The molecule has 0 aliphatic heterocycles. The van der Waals surface area contributed by atoms with E-state index in [-0.39, 0.29) is 18.0 Å². The van der Waals surface area contributed by atoms with Crippen molar-refractivity contribution in [2.24, 2.45) is 0 Å². The van der Waals surface area contributed by atoms with Crippen LogP contribution in [0.4, 0.5) is 10.8 Å². The van der Waals surface area contributed by atoms with Gasteiger partial charge in [-0.2, -0.15) is 0 Å². The van der Waals surface area contributed by atoms with E-state index in [2.05, 4.69) is 15.6 Å². The standard InChI is InChI=1S/C20H18N4O3S/c1-12-18(19(26)23-20-22-14-7-3-4-8-16(14)28-20)15(21-2)10-17(25)24(12)11-13-6-5-9-27-13/h3-10,21H,11H2,1-2H3,(H,22,23,26). The van der Waals surface area contributed by atoms with Crippen LogP contribution in [0.5, 0.6) is 0 Å². The van der Waals surface area contributed by atoms with Gasteiger partial charge in [0.25, 0.3) is 11.5 Å². The molecule has 0 saturated carbocycles. The predicted molar refractivity (Wildman–Crippen MR) is 110 cm³/mol. The SMILES string of the molecule is CNc1cc(=O)n(Cc2ccco2)c(C)c1C(=O)Nc1nc2ccccc2s1. The second-order valence-electron chi connectivity index (χ2n) is 6.21. The van der Waals surface area contributed by atoms with Crippen LogP contribution in [0.15, 0.2) is 57.9 Å². The summed E-state index contributed by atoms with van der Waals surface area (Å²) in [6.45, 7) is 2.00. The fourth-order valence-electron chi connectivity index (χ4n) is 3.09. The van der Waals surface area contributed by atoms with Gasteiger partial charge in [0.15, 0.2) is 5.13 Å². The number of fused-ring (bicyclic) bond motifs is 1. The van der Waals surface area contributed by atoms with E-state index in [1.807, 2.05) is 24.3 Å². The molecule has 4 rings (SSSR count). The molecule has 4 aromatic rings. The largest absolute Gasteiger partial charge is 0.467 e. The van der Waals surface area contributed by atoms with E-state index in [0.29, 0.717) is 27.8 Å². The minimum Gasteiger partial charge on any atom is -0.467 e. The number of amides is 1. The lowest BCUT2D eigenvalue weighted by Crippen LogP contribution is -2.27. The van der Waals surface area contributed by atoms with Crippen molar-refractivity contribution in [3.8, 4) is 0 Å². The maximum atomic E-state index is 13.0. The molecule has 0 spiro atoms. The Kier molecular flexibility index (Phi) is 4.70. The first-order valence-corrected chi connectivity index (χ1v) is 9.50. The van der Waals surface area contributed by atoms with Crippen molar-refractivity contribution in [3.05, 3.63) is 76.1 Å². The van der Waals surface area contributed by atoms with Crippen molar-refractivity contribution in [1.29, 1.82) is 0 Å². The molecule has 1 aromatic carbocycles. The van der Waals surface area contributed by atoms with Gasteiger partial charge in [-0.05, 0) is 31.2 Å². The van der Waals surface area contributed by atoms with Crippen LogP contribution in [-0.4, -0.2) is 22.5 Å². The topological polar surface area (TPSA) is 89.2 Å². The van der Waals surface area contributed by atoms with E-state index < -0.39 is 0 Å². The monoisotopic (exact) mass is 394 g/mol. The fraction of sp³-hybridized carbons (Fsp3) is 0.150. The van der Waals surface area contributed by atoms with Crippen LogP contribution in [0.25, 0.3) is 10.2 Å². The summed E-state index contributed by atoms with van der Waals surface area (Å²) >= 11 is 1.40. The number of anilines is 2. The Bertz CT molecular complexity index is 1180. The number of pyridine rings is 1. The fourth-order valence-corrected chi connectivity index (χ4v) is 3.95. The minimum absolute atomic E-state index is 0.213. The molecule has 3 heterocycles. The number of hydrogen-bond acceptors (Lipinski definition) is 6. The first kappa shape index (κ1) is 18.0. The van der Waals surface area contributed by atoms with Crippen LogP contribution in [-0.2, 0) is 6.54 Å². The first-order valence-electron chi connectivity index (χ1n) is 8.68. The summed E-state index contributed by atoms with van der Waals surface area (Å²) in [4.78, 5) is 30.0. The van der Waals surface area contributed by atoms with Gasteiger partial charge in [-0.15, -0.1) is 0 Å². The summed E-state index contributed by atoms with van der Waals surface area (Å²) in [6, 6.07) is 12.7. The van der Waals surface area contributed by atoms with Gasteiger partial charge in [-0.1, -0.05) is 23.5 Å². The third-order valence-corrected chi connectivity index (χ3v) is 5.43. The highest BCUT2D eigenvalue weighted by atomic mass is 32.1. The van der Waals surface area contributed by atoms with Gasteiger partial charge in [-0.25, -0.2) is 4.98 Å². The van der Waals surface area contributed by atoms with Crippen LogP contribution in [0.3, 0.4) is 0 Å². The third-order valence-electron chi connectivity index (χ3n) is 4.47. The highest BCUT2D eigenvalue weighted by Gasteiger charge is 2.20. The number of rotatable bonds is 5. The number of furan rings is 1. The Labute approximate surface area is 164 Å². The van der Waals surface area contributed by atoms with Crippen LogP contribution < -0.4 is 16.2 Å². The van der Waals surface area contributed by atoms with E-state index in [1.54, 1.807) is 32.4 Å². The summed E-state index contributed by atoms with van der Waals surface area (Å²) in [5.74, 6) is 0.314. The first-order chi connectivity index (χ1) is 13.6. The molecule has 3 aromatic heterocycles. The molecule has 2 N–H and O–H groups in total. The highest BCUT2D eigenvalue weighted by molar-refractivity contribution is 7.22. The number of nitrogens with one attached hydrogen (secondary N) is 2. The Balaban J connectivity index is 1.72. The molecule has 142 valence electrons. The molecule has 28 heavy (non-hydrogen) atoms. The average molecular weight is 394 g/mol. The Morgan fingerprint density at radius 1 is 1.25 bits per heavy atom. The van der Waals surface area contributed by atoms with Crippen LogP contribution in [0.2, 0.25) is 0 Å². The molecule has 0 atom stereocenters. The zero-order valence-corrected chi connectivity index (χ0v) is 16.2. The lowest BCUT2D eigenvalue weighted by Gasteiger charge is -2.16. The maximum Gasteiger partial charge on any atom is 0.261 e. The number of carbonyl (C=O) groups excluding carboxylic acids is 1. The van der Waals surface area contributed by atoms with E-state index in [0.717, 1.165) is 10.2 Å². The summed E-state index contributed by atoms with van der Waals surface area (Å²) in [6.07, 6.45) is 1.55. The summed E-state index contributed by atoms with van der Waals surface area (Å²) in [5.41, 5.74) is 2.03. The number of carbonyl (C=O) groups is 1. The van der Waals surface area contributed by atoms with Gasteiger partial charge in [0, 0.05) is 18.8 Å². The number of aromatic nitrogens is 2. The second-order valence-corrected chi connectivity index (χ2v) is 7.24. The zero-order valence-electron chi connectivity index (χ0n) is 15.4. The van der Waals surface area contributed by atoms with Crippen LogP contribution in [0, 0.1) is 6.92 Å². The van der Waals surface area contributed by atoms with Crippen molar-refractivity contribution in [2.45, 2.75) is 13.5 Å². The second kappa shape index (κ2) is 7.32. The van der Waals surface area contributed by atoms with Gasteiger partial charge in [0.1, 0.15) is 5.76 Å². The number of para-hydroxylation sites is 1. The van der Waals surface area contributed by atoms with E-state index in [9.17, 15) is 9.59 Å². The Morgan fingerprint density at radius 3 is 2.79 bits per heavy atom. The lowest BCUT2D eigenvalue weighted by atomic mass is 10.1. The number of hydrogen-bond donors (Lipinski definition) is 2. The van der Waals surface area contributed by atoms with Crippen LogP contribution in [0.1, 0.15) is 21.8 Å². The highest BCUT2D eigenvalue weighted by Crippen LogP contribution is 2.27. The molecular formula is C20H18N4O3S. The molecule has 0 unspecified atom stereocenters. The third kappa shape index (κ3) is 3.29. The van der Waals surface area contributed by atoms with Crippen LogP contribution >= 0.6 is 11.3 Å². The smallest absolute Gasteiger partial charge is 0.261 e. The minimum atomic E-state index is -0.325. The van der Waals surface area contributed by atoms with Gasteiger partial charge in [0.2, 0.25) is 0 Å². The average Bonchev–Trinajstić information content (AvgIpc) is 3.33. The summed E-state index contributed by atoms with van der Waals surface area (Å²) < 4.78 is 7.86. The van der Waals surface area contributed by atoms with E-state index in [4.69, 9.17) is 4.42 Å². The molecule has 0 radical (unpaired) electrons. The normalized spacial score (nSPS) is 10.9. The van der Waals surface area contributed by atoms with Crippen molar-refractivity contribution in [2.75, 3.05) is 17.7 Å². The zero-order chi connectivity index (χ0) is 19.7. The van der Waals surface area contributed by atoms with Gasteiger partial charge >= 0.3 is 0 Å². The number of benzene rings is 1.